The lowest BCUT2D eigenvalue weighted by molar-refractivity contribution is 0.0663. The van der Waals surface area contributed by atoms with Crippen molar-refractivity contribution in [2.75, 3.05) is 6.54 Å². The van der Waals surface area contributed by atoms with Gasteiger partial charge in [-0.05, 0) is 18.0 Å². The van der Waals surface area contributed by atoms with Gasteiger partial charge >= 0.3 is 6.09 Å². The van der Waals surface area contributed by atoms with Gasteiger partial charge in [0.05, 0.1) is 24.2 Å². The summed E-state index contributed by atoms with van der Waals surface area (Å²) in [5, 5.41) is 14.1. The van der Waals surface area contributed by atoms with Gasteiger partial charge in [-0.1, -0.05) is 0 Å². The number of carboxylic acid groups (broad SMARTS) is 1. The van der Waals surface area contributed by atoms with Gasteiger partial charge in [0.1, 0.15) is 0 Å². The number of hydrogen-bond acceptors (Lipinski definition) is 4. The minimum absolute atomic E-state index is 0.0423. The van der Waals surface area contributed by atoms with Crippen LogP contribution in [0.1, 0.15) is 6.42 Å². The summed E-state index contributed by atoms with van der Waals surface area (Å²) in [6.45, 7) is 1.07. The maximum absolute atomic E-state index is 10.9. The lowest BCUT2D eigenvalue weighted by Gasteiger charge is -2.38. The molecule has 0 aliphatic carbocycles. The van der Waals surface area contributed by atoms with Crippen molar-refractivity contribution < 1.29 is 9.90 Å². The number of fused-ring (bicyclic) bond motifs is 1. The molecule has 1 aliphatic rings. The molecular formula is C10H10ClN5O2. The molecule has 1 aliphatic heterocycles. The van der Waals surface area contributed by atoms with Crippen molar-refractivity contribution in [2.45, 2.75) is 19.0 Å². The summed E-state index contributed by atoms with van der Waals surface area (Å²) in [6.07, 6.45) is 3.20. The summed E-state index contributed by atoms with van der Waals surface area (Å²) >= 11 is 5.74. The highest BCUT2D eigenvalue weighted by Crippen LogP contribution is 2.21. The second-order valence-electron chi connectivity index (χ2n) is 4.16. The molecule has 1 N–H and O–H groups in total. The van der Waals surface area contributed by atoms with Gasteiger partial charge in [0.15, 0.2) is 5.65 Å². The van der Waals surface area contributed by atoms with E-state index in [1.54, 1.807) is 17.1 Å². The van der Waals surface area contributed by atoms with E-state index in [9.17, 15) is 4.79 Å². The lowest BCUT2D eigenvalue weighted by atomic mass is 10.0. The van der Waals surface area contributed by atoms with Gasteiger partial charge in [0, 0.05) is 12.7 Å². The van der Waals surface area contributed by atoms with E-state index >= 15 is 0 Å². The number of rotatable bonds is 2. The summed E-state index contributed by atoms with van der Waals surface area (Å²) in [5.74, 6) is 0. The number of nitrogens with zero attached hydrogens (tertiary/aromatic N) is 5. The van der Waals surface area contributed by atoms with Crippen LogP contribution in [-0.4, -0.2) is 48.4 Å². The zero-order valence-electron chi connectivity index (χ0n) is 9.32. The molecule has 8 heteroatoms. The van der Waals surface area contributed by atoms with E-state index in [-0.39, 0.29) is 11.3 Å². The first kappa shape index (κ1) is 11.2. The molecule has 1 unspecified atom stereocenters. The fraction of sp³-hybridized carbons (Fsp3) is 0.400. The minimum atomic E-state index is -0.893. The van der Waals surface area contributed by atoms with Gasteiger partial charge in [-0.3, -0.25) is 0 Å². The van der Waals surface area contributed by atoms with Crippen molar-refractivity contribution >= 4 is 28.7 Å². The third-order valence-corrected chi connectivity index (χ3v) is 3.30. The highest BCUT2D eigenvalue weighted by atomic mass is 35.5. The largest absolute Gasteiger partial charge is 0.465 e. The predicted molar refractivity (Wildman–Crippen MR) is 63.5 cm³/mol. The van der Waals surface area contributed by atoms with Crippen LogP contribution in [0, 0.1) is 0 Å². The van der Waals surface area contributed by atoms with Crippen LogP contribution in [0.3, 0.4) is 0 Å². The van der Waals surface area contributed by atoms with E-state index in [2.05, 4.69) is 15.1 Å². The Labute approximate surface area is 107 Å². The molecule has 0 aromatic carbocycles. The maximum Gasteiger partial charge on any atom is 0.407 e. The topological polar surface area (TPSA) is 84.1 Å². The van der Waals surface area contributed by atoms with Crippen LogP contribution in [0.15, 0.2) is 12.4 Å². The molecule has 18 heavy (non-hydrogen) atoms. The van der Waals surface area contributed by atoms with E-state index in [4.69, 9.17) is 16.7 Å². The molecule has 2 aromatic rings. The van der Waals surface area contributed by atoms with Gasteiger partial charge in [-0.2, -0.15) is 10.1 Å². The van der Waals surface area contributed by atoms with Crippen molar-refractivity contribution in [3.8, 4) is 0 Å². The number of amides is 1. The van der Waals surface area contributed by atoms with Crippen LogP contribution in [0.4, 0.5) is 4.79 Å². The fourth-order valence-electron chi connectivity index (χ4n) is 2.06. The average Bonchev–Trinajstić information content (AvgIpc) is 2.66. The van der Waals surface area contributed by atoms with Crippen molar-refractivity contribution in [1.82, 2.24) is 24.6 Å². The van der Waals surface area contributed by atoms with Gasteiger partial charge < -0.3 is 10.0 Å². The Morgan fingerprint density at radius 2 is 2.39 bits per heavy atom. The van der Waals surface area contributed by atoms with Crippen molar-refractivity contribution in [3.63, 3.8) is 0 Å². The van der Waals surface area contributed by atoms with Crippen LogP contribution in [0.25, 0.3) is 11.0 Å². The highest BCUT2D eigenvalue weighted by molar-refractivity contribution is 6.28. The van der Waals surface area contributed by atoms with Crippen LogP contribution in [0.2, 0.25) is 5.28 Å². The molecule has 0 bridgehead atoms. The van der Waals surface area contributed by atoms with Gasteiger partial charge in [-0.25, -0.2) is 14.5 Å². The zero-order valence-corrected chi connectivity index (χ0v) is 10.1. The van der Waals surface area contributed by atoms with Gasteiger partial charge in [0.25, 0.3) is 0 Å². The first-order chi connectivity index (χ1) is 8.65. The van der Waals surface area contributed by atoms with E-state index < -0.39 is 6.09 Å². The minimum Gasteiger partial charge on any atom is -0.465 e. The lowest BCUT2D eigenvalue weighted by Crippen LogP contribution is -2.52. The first-order valence-electron chi connectivity index (χ1n) is 5.49. The Morgan fingerprint density at radius 3 is 3.06 bits per heavy atom. The molecule has 1 atom stereocenters. The Kier molecular flexibility index (Phi) is 2.55. The third-order valence-electron chi connectivity index (χ3n) is 3.12. The smallest absolute Gasteiger partial charge is 0.407 e. The Hall–Kier alpha value is -1.89. The second-order valence-corrected chi connectivity index (χ2v) is 4.50. The van der Waals surface area contributed by atoms with Gasteiger partial charge in [0.2, 0.25) is 5.28 Å². The van der Waals surface area contributed by atoms with Crippen LogP contribution < -0.4 is 0 Å². The number of carbonyl (C=O) groups is 1. The Morgan fingerprint density at radius 1 is 1.56 bits per heavy atom. The van der Waals surface area contributed by atoms with Crippen LogP contribution >= 0.6 is 11.6 Å². The summed E-state index contributed by atoms with van der Waals surface area (Å²) in [5.41, 5.74) is 0.632. The average molecular weight is 268 g/mol. The van der Waals surface area contributed by atoms with E-state index in [1.807, 2.05) is 0 Å². The summed E-state index contributed by atoms with van der Waals surface area (Å²) in [4.78, 5) is 20.3. The number of hydrogen-bond donors (Lipinski definition) is 1. The second kappa shape index (κ2) is 4.09. The maximum atomic E-state index is 10.9. The molecule has 2 aromatic heterocycles. The predicted octanol–water partition coefficient (Wildman–Crippen LogP) is 1.23. The number of likely N-dealkylation sites (tertiary alicyclic amines) is 1. The zero-order chi connectivity index (χ0) is 12.7. The molecule has 7 nitrogen and oxygen atoms in total. The molecular weight excluding hydrogens is 258 g/mol. The molecule has 0 saturated carbocycles. The van der Waals surface area contributed by atoms with Crippen LogP contribution in [0.5, 0.6) is 0 Å². The van der Waals surface area contributed by atoms with Crippen molar-refractivity contribution in [2.24, 2.45) is 0 Å². The van der Waals surface area contributed by atoms with Crippen molar-refractivity contribution in [3.05, 3.63) is 17.7 Å². The molecule has 3 rings (SSSR count). The molecule has 1 fully saturated rings. The van der Waals surface area contributed by atoms with Gasteiger partial charge in [-0.15, -0.1) is 0 Å². The Bertz CT molecular complexity index is 613. The van der Waals surface area contributed by atoms with E-state index in [1.165, 1.54) is 4.90 Å². The van der Waals surface area contributed by atoms with E-state index in [0.29, 0.717) is 18.7 Å². The summed E-state index contributed by atoms with van der Waals surface area (Å²) in [7, 11) is 0. The molecule has 0 spiro atoms. The molecule has 0 radical (unpaired) electrons. The first-order valence-corrected chi connectivity index (χ1v) is 5.86. The monoisotopic (exact) mass is 267 g/mol. The molecule has 1 amide bonds. The standard InChI is InChI=1S/C10H10ClN5O2/c11-9-12-3-6-4-13-16(8(6)14-9)5-7-1-2-15(7)10(17)18/h3-4,7H,1-2,5H2,(H,17,18). The molecule has 1 saturated heterocycles. The SMILES string of the molecule is O=C(O)N1CCC1Cn1ncc2cnc(Cl)nc21. The number of halogens is 1. The quantitative estimate of drug-likeness (QED) is 0.828. The molecule has 94 valence electrons. The molecule has 3 heterocycles. The fourth-order valence-corrected chi connectivity index (χ4v) is 2.19. The summed E-state index contributed by atoms with van der Waals surface area (Å²) < 4.78 is 1.67. The number of aromatic nitrogens is 4. The Balaban J connectivity index is 1.87. The van der Waals surface area contributed by atoms with Crippen molar-refractivity contribution in [1.29, 1.82) is 0 Å². The van der Waals surface area contributed by atoms with E-state index in [0.717, 1.165) is 11.8 Å². The highest BCUT2D eigenvalue weighted by Gasteiger charge is 2.32. The normalized spacial score (nSPS) is 18.9. The van der Waals surface area contributed by atoms with Crippen LogP contribution in [-0.2, 0) is 6.54 Å². The third kappa shape index (κ3) is 1.76. The summed E-state index contributed by atoms with van der Waals surface area (Å²) in [6, 6.07) is -0.0423.